The summed E-state index contributed by atoms with van der Waals surface area (Å²) >= 11 is 0. The Kier molecular flexibility index (Phi) is 6.85. The molecule has 10 nitrogen and oxygen atoms in total. The molecule has 4 aromatic rings. The topological polar surface area (TPSA) is 132 Å². The number of carbonyl (C=O) groups excluding carboxylic acids is 1. The Bertz CT molecular complexity index is 1690. The Balaban J connectivity index is 1.32. The standard InChI is InChI=1S/C30H28FN7O3/c1-30(16-40-17-30)13-19(14-32)29(39)37-11-5-6-20(15-37)38-28-25(27(33)34-18-35-28)26(36-38)23-10-9-22(12-24(23)31)41-21-7-3-2-4-8-21/h2-4,7-10,12-13,18,20H,5-6,11,15-17H2,1H3,(H2,33,34,35)/t20-/m1/s1. The third-order valence-corrected chi connectivity index (χ3v) is 7.43. The number of anilines is 1. The van der Waals surface area contributed by atoms with Crippen LogP contribution in [0.5, 0.6) is 11.5 Å². The lowest BCUT2D eigenvalue weighted by Crippen LogP contribution is -2.43. The molecule has 0 saturated carbocycles. The van der Waals surface area contributed by atoms with E-state index in [1.54, 1.807) is 39.9 Å². The molecular formula is C30H28FN7O3. The lowest BCUT2D eigenvalue weighted by atomic mass is 9.86. The number of nitriles is 1. The Labute approximate surface area is 235 Å². The van der Waals surface area contributed by atoms with E-state index in [0.717, 1.165) is 0 Å². The zero-order valence-corrected chi connectivity index (χ0v) is 22.5. The highest BCUT2D eigenvalue weighted by molar-refractivity contribution is 5.99. The molecule has 2 saturated heterocycles. The molecule has 2 aliphatic rings. The number of hydrogen-bond donors (Lipinski definition) is 1. The van der Waals surface area contributed by atoms with Crippen LogP contribution in [-0.2, 0) is 9.53 Å². The number of fused-ring (bicyclic) bond motifs is 1. The molecule has 0 spiro atoms. The minimum atomic E-state index is -0.536. The van der Waals surface area contributed by atoms with Gasteiger partial charge in [0.1, 0.15) is 46.8 Å². The number of rotatable bonds is 6. The summed E-state index contributed by atoms with van der Waals surface area (Å²) in [7, 11) is 0. The van der Waals surface area contributed by atoms with Gasteiger partial charge in [0.25, 0.3) is 5.91 Å². The number of para-hydroxylation sites is 1. The first-order valence-electron chi connectivity index (χ1n) is 13.4. The number of amides is 1. The van der Waals surface area contributed by atoms with Gasteiger partial charge in [0, 0.05) is 30.1 Å². The van der Waals surface area contributed by atoms with Crippen molar-refractivity contribution in [2.24, 2.45) is 5.41 Å². The summed E-state index contributed by atoms with van der Waals surface area (Å²) in [5, 5.41) is 14.9. The molecule has 2 aromatic heterocycles. The van der Waals surface area contributed by atoms with Gasteiger partial charge < -0.3 is 20.1 Å². The number of nitrogen functional groups attached to an aromatic ring is 1. The number of carbonyl (C=O) groups is 1. The van der Waals surface area contributed by atoms with Gasteiger partial charge in [0.2, 0.25) is 0 Å². The summed E-state index contributed by atoms with van der Waals surface area (Å²) in [6.45, 7) is 3.75. The van der Waals surface area contributed by atoms with E-state index in [9.17, 15) is 10.1 Å². The number of ether oxygens (including phenoxy) is 2. The third-order valence-electron chi connectivity index (χ3n) is 7.43. The van der Waals surface area contributed by atoms with E-state index < -0.39 is 5.82 Å². The first-order chi connectivity index (χ1) is 19.8. The molecule has 2 aliphatic heterocycles. The number of nitrogens with zero attached hydrogens (tertiary/aromatic N) is 6. The molecule has 2 aromatic carbocycles. The van der Waals surface area contributed by atoms with E-state index in [2.05, 4.69) is 16.0 Å². The quantitative estimate of drug-likeness (QED) is 0.269. The van der Waals surface area contributed by atoms with Crippen LogP contribution in [0.15, 0.2) is 66.5 Å². The maximum Gasteiger partial charge on any atom is 0.264 e. The monoisotopic (exact) mass is 553 g/mol. The van der Waals surface area contributed by atoms with E-state index in [1.807, 2.05) is 25.1 Å². The van der Waals surface area contributed by atoms with E-state index in [4.69, 9.17) is 20.3 Å². The van der Waals surface area contributed by atoms with Crippen molar-refractivity contribution in [3.05, 3.63) is 72.3 Å². The summed E-state index contributed by atoms with van der Waals surface area (Å²) in [4.78, 5) is 23.6. The molecule has 1 atom stereocenters. The van der Waals surface area contributed by atoms with Gasteiger partial charge in [-0.1, -0.05) is 31.2 Å². The maximum atomic E-state index is 15.5. The van der Waals surface area contributed by atoms with Crippen LogP contribution < -0.4 is 10.5 Å². The molecule has 0 unspecified atom stereocenters. The van der Waals surface area contributed by atoms with Crippen molar-refractivity contribution >= 4 is 22.8 Å². The smallest absolute Gasteiger partial charge is 0.264 e. The Morgan fingerprint density at radius 3 is 2.73 bits per heavy atom. The number of nitrogens with two attached hydrogens (primary N) is 1. The Morgan fingerprint density at radius 2 is 2.02 bits per heavy atom. The molecule has 0 radical (unpaired) electrons. The second kappa shape index (κ2) is 10.6. The van der Waals surface area contributed by atoms with E-state index >= 15 is 4.39 Å². The third kappa shape index (κ3) is 5.10. The van der Waals surface area contributed by atoms with Crippen LogP contribution >= 0.6 is 0 Å². The average molecular weight is 554 g/mol. The van der Waals surface area contributed by atoms with Crippen molar-refractivity contribution in [3.8, 4) is 28.8 Å². The van der Waals surface area contributed by atoms with Gasteiger partial charge in [0.05, 0.1) is 24.6 Å². The predicted octanol–water partition coefficient (Wildman–Crippen LogP) is 4.66. The van der Waals surface area contributed by atoms with E-state index in [0.29, 0.717) is 67.4 Å². The summed E-state index contributed by atoms with van der Waals surface area (Å²) in [6.07, 6.45) is 4.47. The van der Waals surface area contributed by atoms with Crippen molar-refractivity contribution in [3.63, 3.8) is 0 Å². The minimum Gasteiger partial charge on any atom is -0.457 e. The van der Waals surface area contributed by atoms with E-state index in [1.165, 1.54) is 12.4 Å². The van der Waals surface area contributed by atoms with Crippen molar-refractivity contribution in [1.82, 2.24) is 24.6 Å². The fourth-order valence-corrected chi connectivity index (χ4v) is 5.32. The van der Waals surface area contributed by atoms with Crippen LogP contribution in [-0.4, -0.2) is 56.9 Å². The highest BCUT2D eigenvalue weighted by Gasteiger charge is 2.35. The van der Waals surface area contributed by atoms with Gasteiger partial charge in [-0.2, -0.15) is 10.4 Å². The number of aromatic nitrogens is 4. The summed E-state index contributed by atoms with van der Waals surface area (Å²) in [5.74, 6) is 0.250. The zero-order valence-electron chi connectivity index (χ0n) is 22.5. The second-order valence-electron chi connectivity index (χ2n) is 10.7. The summed E-state index contributed by atoms with van der Waals surface area (Å²) in [6, 6.07) is 15.5. The normalized spacial score (nSPS) is 18.5. The van der Waals surface area contributed by atoms with Crippen molar-refractivity contribution in [2.75, 3.05) is 32.0 Å². The maximum absolute atomic E-state index is 15.5. The number of piperidine rings is 1. The Morgan fingerprint density at radius 1 is 1.22 bits per heavy atom. The van der Waals surface area contributed by atoms with Crippen LogP contribution in [0.1, 0.15) is 25.8 Å². The van der Waals surface area contributed by atoms with Gasteiger partial charge in [-0.05, 0) is 37.1 Å². The molecule has 208 valence electrons. The van der Waals surface area contributed by atoms with Crippen molar-refractivity contribution in [1.29, 1.82) is 5.26 Å². The predicted molar refractivity (Wildman–Crippen MR) is 149 cm³/mol. The van der Waals surface area contributed by atoms with Crippen LogP contribution in [0, 0.1) is 22.6 Å². The molecule has 1 amide bonds. The SMILES string of the molecule is CC1(C=C(C#N)C(=O)N2CCC[C@@H](n3nc(-c4ccc(Oc5ccccc5)cc4F)c4c(N)ncnc43)C2)COC1. The summed E-state index contributed by atoms with van der Waals surface area (Å²) < 4.78 is 28.3. The summed E-state index contributed by atoms with van der Waals surface area (Å²) in [5.41, 5.74) is 7.03. The first kappa shape index (κ1) is 26.4. The van der Waals surface area contributed by atoms with Gasteiger partial charge >= 0.3 is 0 Å². The molecule has 4 heterocycles. The fraction of sp³-hybridized carbons (Fsp3) is 0.300. The average Bonchev–Trinajstić information content (AvgIpc) is 3.36. The zero-order chi connectivity index (χ0) is 28.6. The van der Waals surface area contributed by atoms with Crippen molar-refractivity contribution in [2.45, 2.75) is 25.8 Å². The minimum absolute atomic E-state index is 0.105. The first-order valence-corrected chi connectivity index (χ1v) is 13.4. The van der Waals surface area contributed by atoms with Gasteiger partial charge in [-0.25, -0.2) is 19.0 Å². The van der Waals surface area contributed by atoms with Crippen molar-refractivity contribution < 1.29 is 18.7 Å². The van der Waals surface area contributed by atoms with Crippen LogP contribution in [0.2, 0.25) is 0 Å². The molecule has 6 rings (SSSR count). The molecule has 0 aliphatic carbocycles. The number of benzene rings is 2. The number of halogens is 1. The highest BCUT2D eigenvalue weighted by atomic mass is 19.1. The molecule has 0 bridgehead atoms. The molecule has 41 heavy (non-hydrogen) atoms. The fourth-order valence-electron chi connectivity index (χ4n) is 5.32. The largest absolute Gasteiger partial charge is 0.457 e. The molecule has 2 N–H and O–H groups in total. The Hall–Kier alpha value is -4.82. The lowest BCUT2D eigenvalue weighted by molar-refractivity contribution is -0.128. The van der Waals surface area contributed by atoms with Crippen LogP contribution in [0.4, 0.5) is 10.2 Å². The highest BCUT2D eigenvalue weighted by Crippen LogP contribution is 2.37. The van der Waals surface area contributed by atoms with Gasteiger partial charge in [-0.15, -0.1) is 0 Å². The lowest BCUT2D eigenvalue weighted by Gasteiger charge is -2.36. The van der Waals surface area contributed by atoms with Gasteiger partial charge in [-0.3, -0.25) is 4.79 Å². The second-order valence-corrected chi connectivity index (χ2v) is 10.7. The number of likely N-dealkylation sites (tertiary alicyclic amines) is 1. The molecule has 11 heteroatoms. The molecule has 2 fully saturated rings. The van der Waals surface area contributed by atoms with Crippen LogP contribution in [0.25, 0.3) is 22.3 Å². The van der Waals surface area contributed by atoms with Gasteiger partial charge in [0.15, 0.2) is 5.65 Å². The number of hydrogen-bond acceptors (Lipinski definition) is 8. The molecular weight excluding hydrogens is 525 g/mol. The van der Waals surface area contributed by atoms with E-state index in [-0.39, 0.29) is 34.3 Å². The van der Waals surface area contributed by atoms with Crippen LogP contribution in [0.3, 0.4) is 0 Å².